The van der Waals surface area contributed by atoms with Gasteiger partial charge in [-0.3, -0.25) is 14.9 Å². The summed E-state index contributed by atoms with van der Waals surface area (Å²) in [4.78, 5) is 51.6. The molecule has 54 heavy (non-hydrogen) atoms. The lowest BCUT2D eigenvalue weighted by atomic mass is 9.44. The van der Waals surface area contributed by atoms with Crippen LogP contribution >= 0.6 is 0 Å². The Morgan fingerprint density at radius 1 is 0.963 bits per heavy atom. The summed E-state index contributed by atoms with van der Waals surface area (Å²) in [6.45, 7) is 11.6. The van der Waals surface area contributed by atoms with Crippen LogP contribution in [0.25, 0.3) is 0 Å². The number of esters is 2. The van der Waals surface area contributed by atoms with Crippen molar-refractivity contribution in [1.82, 2.24) is 0 Å². The molecule has 2 saturated carbocycles. The van der Waals surface area contributed by atoms with Crippen molar-refractivity contribution in [1.29, 1.82) is 0 Å². The number of aliphatic hydroxyl groups is 2. The molecule has 2 aliphatic heterocycles. The lowest BCUT2D eigenvalue weighted by Crippen LogP contribution is -2.82. The molecule has 3 aliphatic carbocycles. The fourth-order valence-electron chi connectivity index (χ4n) is 9.80. The molecule has 2 N–H and O–H groups in total. The first kappa shape index (κ1) is 37.9. The maximum absolute atomic E-state index is 14.2. The SMILES string of the molecule is CC(=O)O[C@@]12CO[C@@H]1C[C@H](OC(=O)Oc1ccc([N+](=O)[O-])cc1)[C@@]1(C)[C@@H]3OC(C)(C)O[C@@H]3C3=C(C)C(O)C[C@@](O)([C@@H](OC(=O)c4ccccc4)[C@H]21)C3(C)C. The summed E-state index contributed by atoms with van der Waals surface area (Å²) in [5, 5.41) is 36.2. The third-order valence-electron chi connectivity index (χ3n) is 12.4. The molecule has 4 fully saturated rings. The Morgan fingerprint density at radius 2 is 1.63 bits per heavy atom. The van der Waals surface area contributed by atoms with Crippen LogP contribution in [-0.2, 0) is 33.2 Å². The lowest BCUT2D eigenvalue weighted by molar-refractivity contribution is -0.384. The van der Waals surface area contributed by atoms with E-state index >= 15 is 0 Å². The van der Waals surface area contributed by atoms with Crippen LogP contribution in [0.5, 0.6) is 5.75 Å². The van der Waals surface area contributed by atoms with E-state index in [1.54, 1.807) is 71.9 Å². The Kier molecular flexibility index (Phi) is 9.01. The number of nitrogens with zero attached hydrogens (tertiary/aromatic N) is 1. The number of benzene rings is 2. The molecule has 2 aromatic rings. The van der Waals surface area contributed by atoms with Gasteiger partial charge in [-0.2, -0.15) is 0 Å². The molecule has 15 heteroatoms. The van der Waals surface area contributed by atoms with Gasteiger partial charge in [0.25, 0.3) is 5.69 Å². The van der Waals surface area contributed by atoms with Crippen LogP contribution in [0.2, 0.25) is 0 Å². The number of rotatable bonds is 6. The molecule has 5 aliphatic rings. The van der Waals surface area contributed by atoms with Crippen molar-refractivity contribution in [2.24, 2.45) is 16.7 Å². The quantitative estimate of drug-likeness (QED) is 0.102. The Balaban J connectivity index is 1.44. The lowest BCUT2D eigenvalue weighted by Gasteiger charge is -2.69. The first-order chi connectivity index (χ1) is 25.2. The fourth-order valence-corrected chi connectivity index (χ4v) is 9.80. The highest BCUT2D eigenvalue weighted by Crippen LogP contribution is 2.67. The van der Waals surface area contributed by atoms with Crippen molar-refractivity contribution < 1.29 is 62.7 Å². The molecule has 290 valence electrons. The minimum Gasteiger partial charge on any atom is -0.455 e. The molecule has 2 aromatic carbocycles. The van der Waals surface area contributed by atoms with E-state index in [0.29, 0.717) is 11.1 Å². The van der Waals surface area contributed by atoms with Gasteiger partial charge in [0.15, 0.2) is 11.4 Å². The topological polar surface area (TPSA) is 199 Å². The van der Waals surface area contributed by atoms with Gasteiger partial charge in [0, 0.05) is 42.7 Å². The Bertz CT molecular complexity index is 1890. The van der Waals surface area contributed by atoms with Crippen LogP contribution < -0.4 is 4.74 Å². The van der Waals surface area contributed by atoms with E-state index in [4.69, 9.17) is 33.2 Å². The molecule has 7 rings (SSSR count). The minimum absolute atomic E-state index is 0.0237. The highest BCUT2D eigenvalue weighted by Gasteiger charge is 2.80. The van der Waals surface area contributed by atoms with Gasteiger partial charge in [-0.05, 0) is 56.2 Å². The van der Waals surface area contributed by atoms with Gasteiger partial charge in [0.2, 0.25) is 0 Å². The zero-order chi connectivity index (χ0) is 39.2. The summed E-state index contributed by atoms with van der Waals surface area (Å²) in [5.74, 6) is -3.94. The molecule has 0 aromatic heterocycles. The monoisotopic (exact) mass is 751 g/mol. The molecule has 15 nitrogen and oxygen atoms in total. The largest absolute Gasteiger partial charge is 0.514 e. The van der Waals surface area contributed by atoms with Crippen LogP contribution in [-0.4, -0.2) is 93.5 Å². The number of fused-ring (bicyclic) bond motifs is 8. The molecular weight excluding hydrogens is 706 g/mol. The van der Waals surface area contributed by atoms with E-state index < -0.39 is 93.4 Å². The first-order valence-electron chi connectivity index (χ1n) is 17.9. The van der Waals surface area contributed by atoms with E-state index in [9.17, 15) is 34.7 Å². The normalized spacial score (nSPS) is 37.2. The predicted octanol–water partition coefficient (Wildman–Crippen LogP) is 4.80. The van der Waals surface area contributed by atoms with Crippen LogP contribution in [0.3, 0.4) is 0 Å². The standard InChI is InChI=1S/C39H45NO14/c1-20-25(42)18-39(45)32(51-33(43)22-11-9-8-10-12-22)30-37(7,31-29(28(20)35(39,3)4)53-36(5,6)54-31)26(17-27-38(30,19-48-27)52-21(2)41)50-34(44)49-24-15-13-23(14-16-24)40(46)47/h8-16,25-27,29-32,42,45H,17-19H2,1-7H3/t25?,26-,27+,29+,30-,31+,32-,37+,38-,39+/m0/s1. The highest BCUT2D eigenvalue weighted by molar-refractivity contribution is 5.89. The smallest absolute Gasteiger partial charge is 0.455 e. The minimum atomic E-state index is -2.05. The van der Waals surface area contributed by atoms with Gasteiger partial charge in [-0.1, -0.05) is 39.0 Å². The van der Waals surface area contributed by atoms with Gasteiger partial charge in [0.05, 0.1) is 29.1 Å². The van der Waals surface area contributed by atoms with Crippen LogP contribution in [0, 0.1) is 26.9 Å². The summed E-state index contributed by atoms with van der Waals surface area (Å²) in [7, 11) is 0. The summed E-state index contributed by atoms with van der Waals surface area (Å²) in [5.41, 5.74) is -5.32. The zero-order valence-corrected chi connectivity index (χ0v) is 31.1. The van der Waals surface area contributed by atoms with Gasteiger partial charge in [-0.15, -0.1) is 0 Å². The summed E-state index contributed by atoms with van der Waals surface area (Å²) in [6.07, 6.45) is -8.28. The highest BCUT2D eigenvalue weighted by atomic mass is 16.8. The van der Waals surface area contributed by atoms with Crippen molar-refractivity contribution >= 4 is 23.8 Å². The molecule has 2 saturated heterocycles. The van der Waals surface area contributed by atoms with Crippen molar-refractivity contribution in [3.05, 3.63) is 81.4 Å². The Labute approximate surface area is 311 Å². The van der Waals surface area contributed by atoms with Crippen molar-refractivity contribution in [3.8, 4) is 5.75 Å². The van der Waals surface area contributed by atoms with E-state index in [1.807, 2.05) is 0 Å². The number of non-ortho nitro benzene ring substituents is 1. The van der Waals surface area contributed by atoms with Crippen LogP contribution in [0.15, 0.2) is 65.7 Å². The second-order valence-corrected chi connectivity index (χ2v) is 16.2. The molecule has 2 heterocycles. The molecular formula is C39H45NO14. The number of nitro benzene ring substituents is 1. The van der Waals surface area contributed by atoms with Gasteiger partial charge >= 0.3 is 18.1 Å². The summed E-state index contributed by atoms with van der Waals surface area (Å²) in [6, 6.07) is 13.1. The molecule has 2 bridgehead atoms. The summed E-state index contributed by atoms with van der Waals surface area (Å²) < 4.78 is 43.9. The maximum atomic E-state index is 14.2. The predicted molar refractivity (Wildman–Crippen MR) is 186 cm³/mol. The van der Waals surface area contributed by atoms with Crippen molar-refractivity contribution in [2.75, 3.05) is 6.61 Å². The fraction of sp³-hybridized carbons (Fsp3) is 0.564. The molecule has 0 amide bonds. The number of ether oxygens (including phenoxy) is 7. The zero-order valence-electron chi connectivity index (χ0n) is 31.1. The van der Waals surface area contributed by atoms with Crippen molar-refractivity contribution in [3.63, 3.8) is 0 Å². The third-order valence-corrected chi connectivity index (χ3v) is 12.4. The van der Waals surface area contributed by atoms with E-state index in [2.05, 4.69) is 0 Å². The van der Waals surface area contributed by atoms with Gasteiger partial charge < -0.3 is 43.4 Å². The summed E-state index contributed by atoms with van der Waals surface area (Å²) >= 11 is 0. The molecule has 0 radical (unpaired) electrons. The number of aliphatic hydroxyl groups excluding tert-OH is 1. The van der Waals surface area contributed by atoms with E-state index in [1.165, 1.54) is 31.2 Å². The number of nitro groups is 1. The van der Waals surface area contributed by atoms with E-state index in [0.717, 1.165) is 0 Å². The van der Waals surface area contributed by atoms with Gasteiger partial charge in [0.1, 0.15) is 41.9 Å². The number of hydrogen-bond acceptors (Lipinski definition) is 14. The molecule has 0 spiro atoms. The maximum Gasteiger partial charge on any atom is 0.514 e. The van der Waals surface area contributed by atoms with E-state index in [-0.39, 0.29) is 36.4 Å². The number of carbonyl (C=O) groups excluding carboxylic acids is 3. The average molecular weight is 752 g/mol. The molecule has 10 atom stereocenters. The molecule has 1 unspecified atom stereocenters. The Morgan fingerprint density at radius 3 is 2.22 bits per heavy atom. The van der Waals surface area contributed by atoms with Gasteiger partial charge in [-0.25, -0.2) is 9.59 Å². The third kappa shape index (κ3) is 5.70. The average Bonchev–Trinajstić information content (AvgIpc) is 3.41. The number of carbonyl (C=O) groups is 3. The van der Waals surface area contributed by atoms with Crippen LogP contribution in [0.4, 0.5) is 10.5 Å². The second-order valence-electron chi connectivity index (χ2n) is 16.2. The first-order valence-corrected chi connectivity index (χ1v) is 17.9. The van der Waals surface area contributed by atoms with Crippen LogP contribution in [0.1, 0.15) is 71.7 Å². The number of hydrogen-bond donors (Lipinski definition) is 2. The second kappa shape index (κ2) is 12.8. The Hall–Kier alpha value is -4.41. The van der Waals surface area contributed by atoms with Crippen molar-refractivity contribution in [2.45, 2.75) is 115 Å².